The summed E-state index contributed by atoms with van der Waals surface area (Å²) < 4.78 is 72.8. The first-order valence-electron chi connectivity index (χ1n) is 35.9. The summed E-state index contributed by atoms with van der Waals surface area (Å²) in [6.07, 6.45) is 0. The van der Waals surface area contributed by atoms with Crippen molar-refractivity contribution in [3.63, 3.8) is 0 Å². The van der Waals surface area contributed by atoms with Crippen LogP contribution in [0.1, 0.15) is 9.60 Å². The quantitative estimate of drug-likeness (QED) is 0.134. The maximum absolute atomic E-state index is 10.5. The van der Waals surface area contributed by atoms with Crippen molar-refractivity contribution in [2.45, 2.75) is 0 Å². The SMILES string of the molecule is [2H]c1c([2H])c([2H])c2c(c1[2H])c1c([2H])c([2H])c(-c3ccccc3)c([2H])c1n2-c1ccc2c(c1)N(c1c(-c3ccccc3)cccc1-c1ccccc1)c1c3c(c4c5ccccc5n5c6ccccc6c1c45)N(c1c(-c4ccccc4)cccc1-c1ccccc1)c1ccc(-c4ccccc4)cc1B23. The average molecular weight is 1210 g/mol. The van der Waals surface area contributed by atoms with Gasteiger partial charge in [-0.3, -0.25) is 0 Å². The molecular formula is C90H57BN4. The smallest absolute Gasteiger partial charge is 0.252 e. The van der Waals surface area contributed by atoms with Gasteiger partial charge in [0.1, 0.15) is 0 Å². The van der Waals surface area contributed by atoms with E-state index in [-0.39, 0.29) is 57.6 Å². The third-order valence-electron chi connectivity index (χ3n) is 19.8. The first kappa shape index (κ1) is 46.6. The molecule has 0 unspecified atom stereocenters. The molecule has 15 aromatic carbocycles. The van der Waals surface area contributed by atoms with Crippen LogP contribution >= 0.6 is 0 Å². The molecule has 0 bridgehead atoms. The molecular weight excluding hydrogens is 1150 g/mol. The van der Waals surface area contributed by atoms with Crippen molar-refractivity contribution in [2.24, 2.45) is 0 Å². The van der Waals surface area contributed by atoms with E-state index < -0.39 is 18.8 Å². The molecule has 18 aromatic rings. The van der Waals surface area contributed by atoms with E-state index in [9.17, 15) is 9.60 Å². The molecule has 0 fully saturated rings. The third-order valence-corrected chi connectivity index (χ3v) is 19.8. The predicted molar refractivity (Wildman–Crippen MR) is 402 cm³/mol. The highest BCUT2D eigenvalue weighted by atomic mass is 15.2. The molecule has 5 heteroatoms. The largest absolute Gasteiger partial charge is 0.309 e. The highest BCUT2D eigenvalue weighted by Gasteiger charge is 2.48. The molecule has 0 N–H and O–H groups in total. The van der Waals surface area contributed by atoms with Crippen LogP contribution in [0.3, 0.4) is 0 Å². The standard InChI is InChI=1S/C90H57BN4/c1-7-27-58(28-8-1)64-50-54-80-76(55-64)91-75-53-51-66(92-77-46-22-19-39-71(77)72-52-49-65(56-81(72)92)59-29-9-2-10-30-59)57-82(75)95(87-69(62-35-15-5-16-36-62)44-26-45-70(87)63-37-17-6-18-38-63)90-84-74-41-21-24-48-79(74)93-78-47-23-20-40-73(78)83(88(84)93)89(85(90)91)94(80)86-67(60-31-11-3-12-32-60)42-25-43-68(86)61-33-13-4-14-34-61/h1-57H/i19D,22D,39D,46D,49D,52D,56D. The lowest BCUT2D eigenvalue weighted by molar-refractivity contribution is 1.17. The van der Waals surface area contributed by atoms with Gasteiger partial charge in [0.05, 0.1) is 59.9 Å². The molecule has 20 rings (SSSR count). The van der Waals surface area contributed by atoms with Crippen LogP contribution in [0.4, 0.5) is 34.1 Å². The van der Waals surface area contributed by atoms with Crippen molar-refractivity contribution >= 4 is 117 Å². The van der Waals surface area contributed by atoms with Gasteiger partial charge in [0.25, 0.3) is 6.71 Å². The third kappa shape index (κ3) is 7.91. The van der Waals surface area contributed by atoms with Crippen LogP contribution in [-0.2, 0) is 0 Å². The monoisotopic (exact) mass is 1210 g/mol. The second-order valence-electron chi connectivity index (χ2n) is 24.8. The van der Waals surface area contributed by atoms with E-state index in [0.29, 0.717) is 11.3 Å². The van der Waals surface area contributed by atoms with Gasteiger partial charge in [0, 0.05) is 71.6 Å². The van der Waals surface area contributed by atoms with Gasteiger partial charge in [-0.15, -0.1) is 0 Å². The Morgan fingerprint density at radius 3 is 1.26 bits per heavy atom. The Balaban J connectivity index is 1.03. The van der Waals surface area contributed by atoms with Gasteiger partial charge >= 0.3 is 0 Å². The van der Waals surface area contributed by atoms with Crippen molar-refractivity contribution in [1.29, 1.82) is 0 Å². The Morgan fingerprint density at radius 1 is 0.284 bits per heavy atom. The van der Waals surface area contributed by atoms with Gasteiger partial charge in [-0.1, -0.05) is 303 Å². The average Bonchev–Trinajstić information content (AvgIpc) is 1.38. The van der Waals surface area contributed by atoms with Crippen LogP contribution < -0.4 is 26.2 Å². The number of anilines is 6. The van der Waals surface area contributed by atoms with Crippen LogP contribution in [0.25, 0.3) is 132 Å². The molecule has 95 heavy (non-hydrogen) atoms. The van der Waals surface area contributed by atoms with E-state index in [0.717, 1.165) is 144 Å². The fraction of sp³-hybridized carbons (Fsp3) is 0. The Morgan fingerprint density at radius 2 is 0.737 bits per heavy atom. The summed E-state index contributed by atoms with van der Waals surface area (Å²) in [5.41, 5.74) is 23.9. The molecule has 0 aliphatic carbocycles. The van der Waals surface area contributed by atoms with E-state index in [2.05, 4.69) is 281 Å². The lowest BCUT2D eigenvalue weighted by Crippen LogP contribution is -2.61. The van der Waals surface area contributed by atoms with Gasteiger partial charge in [0.2, 0.25) is 0 Å². The molecule has 0 saturated carbocycles. The fourth-order valence-corrected chi connectivity index (χ4v) is 15.9. The van der Waals surface area contributed by atoms with E-state index in [1.165, 1.54) is 0 Å². The summed E-state index contributed by atoms with van der Waals surface area (Å²) in [6.45, 7) is -0.508. The molecule has 5 heterocycles. The molecule has 0 spiro atoms. The molecule has 0 radical (unpaired) electrons. The maximum atomic E-state index is 10.5. The van der Waals surface area contributed by atoms with Gasteiger partial charge in [0.15, 0.2) is 0 Å². The van der Waals surface area contributed by atoms with Crippen molar-refractivity contribution in [1.82, 2.24) is 8.97 Å². The Labute approximate surface area is 560 Å². The number of hydrogen-bond acceptors (Lipinski definition) is 2. The maximum Gasteiger partial charge on any atom is 0.252 e. The highest BCUT2D eigenvalue weighted by Crippen LogP contribution is 2.59. The number of aromatic nitrogens is 2. The van der Waals surface area contributed by atoms with Crippen LogP contribution in [0, 0.1) is 0 Å². The number of hydrogen-bond donors (Lipinski definition) is 0. The summed E-state index contributed by atoms with van der Waals surface area (Å²) in [4.78, 5) is 5.15. The van der Waals surface area contributed by atoms with Gasteiger partial charge in [-0.25, -0.2) is 0 Å². The molecule has 3 aromatic heterocycles. The summed E-state index contributed by atoms with van der Waals surface area (Å²) in [5, 5.41) is 4.51. The van der Waals surface area contributed by atoms with Crippen molar-refractivity contribution in [3.05, 3.63) is 346 Å². The lowest BCUT2D eigenvalue weighted by Gasteiger charge is -2.46. The van der Waals surface area contributed by atoms with Crippen LogP contribution in [-0.4, -0.2) is 15.7 Å². The summed E-state index contributed by atoms with van der Waals surface area (Å²) in [7, 11) is 0. The van der Waals surface area contributed by atoms with Gasteiger partial charge < -0.3 is 18.8 Å². The Kier molecular flexibility index (Phi) is 10.3. The van der Waals surface area contributed by atoms with Crippen molar-refractivity contribution < 1.29 is 9.60 Å². The minimum Gasteiger partial charge on any atom is -0.309 e. The number of benzene rings is 15. The molecule has 0 atom stereocenters. The molecule has 4 nitrogen and oxygen atoms in total. The normalized spacial score (nSPS) is 13.6. The molecule has 0 saturated heterocycles. The Hall–Kier alpha value is -12.4. The molecule has 0 amide bonds. The molecule has 2 aliphatic heterocycles. The van der Waals surface area contributed by atoms with Crippen LogP contribution in [0.5, 0.6) is 0 Å². The zero-order chi connectivity index (χ0) is 68.3. The number of nitrogens with zero attached hydrogens (tertiary/aromatic N) is 4. The fourth-order valence-electron chi connectivity index (χ4n) is 15.9. The van der Waals surface area contributed by atoms with Crippen molar-refractivity contribution in [2.75, 3.05) is 9.80 Å². The summed E-state index contributed by atoms with van der Waals surface area (Å²) in [6, 6.07) is 105. The second-order valence-corrected chi connectivity index (χ2v) is 24.8. The first-order valence-corrected chi connectivity index (χ1v) is 32.4. The number of rotatable bonds is 9. The number of fused-ring (bicyclic) bond motifs is 15. The molecule has 440 valence electrons. The minimum absolute atomic E-state index is 0.0731. The highest BCUT2D eigenvalue weighted by molar-refractivity contribution is 7.01. The summed E-state index contributed by atoms with van der Waals surface area (Å²) in [5.74, 6) is 0. The Bertz CT molecular complexity index is 6410. The zero-order valence-electron chi connectivity index (χ0n) is 58.2. The van der Waals surface area contributed by atoms with E-state index >= 15 is 0 Å². The van der Waals surface area contributed by atoms with Crippen molar-refractivity contribution in [3.8, 4) is 72.4 Å². The molecule has 2 aliphatic rings. The van der Waals surface area contributed by atoms with Gasteiger partial charge in [-0.05, 0) is 103 Å². The van der Waals surface area contributed by atoms with Crippen LogP contribution in [0.15, 0.2) is 346 Å². The topological polar surface area (TPSA) is 15.8 Å². The number of para-hydroxylation sites is 5. The van der Waals surface area contributed by atoms with Crippen LogP contribution in [0.2, 0.25) is 0 Å². The van der Waals surface area contributed by atoms with E-state index in [1.54, 1.807) is 4.57 Å². The van der Waals surface area contributed by atoms with E-state index in [4.69, 9.17) is 0 Å². The zero-order valence-corrected chi connectivity index (χ0v) is 51.2. The van der Waals surface area contributed by atoms with E-state index in [1.807, 2.05) is 36.4 Å². The first-order chi connectivity index (χ1) is 50.1. The lowest BCUT2D eigenvalue weighted by atomic mass is 9.33. The minimum atomic E-state index is -0.508. The van der Waals surface area contributed by atoms with Gasteiger partial charge in [-0.2, -0.15) is 0 Å². The second kappa shape index (κ2) is 21.1. The predicted octanol–water partition coefficient (Wildman–Crippen LogP) is 22.0. The summed E-state index contributed by atoms with van der Waals surface area (Å²) >= 11 is 0.